The molecule has 13 heteroatoms. The molecule has 0 fully saturated rings. The van der Waals surface area contributed by atoms with Crippen LogP contribution in [0.25, 0.3) is 0 Å². The molecule has 2 aromatic rings. The van der Waals surface area contributed by atoms with Gasteiger partial charge in [-0.2, -0.15) is 0 Å². The average Bonchev–Trinajstić information content (AvgIpc) is 2.93. The minimum Gasteiger partial charge on any atom is -0.508 e. The Morgan fingerprint density at radius 2 is 1.44 bits per heavy atom. The Hall–Kier alpha value is -3.48. The fourth-order valence-electron chi connectivity index (χ4n) is 3.81. The number of phenols is 1. The number of likely N-dealkylation sites (N-methyl/N-ethyl adjacent to an activating group) is 1. The van der Waals surface area contributed by atoms with Crippen LogP contribution in [-0.2, 0) is 42.8 Å². The SMILES string of the molecule is CN[C@@H](Cc1ccc(O)cc1)C(=O)N[C@H](C)C(=O)NCC(=O)N[C@@H](Cc1ccccc1)C(=O)NCCCS(C)=O.Cl. The maximum atomic E-state index is 12.8. The first-order valence-electron chi connectivity index (χ1n) is 13.0. The lowest BCUT2D eigenvalue weighted by Gasteiger charge is -2.21. The van der Waals surface area contributed by atoms with Crippen molar-refractivity contribution in [2.75, 3.05) is 32.1 Å². The summed E-state index contributed by atoms with van der Waals surface area (Å²) in [6, 6.07) is 13.3. The highest BCUT2D eigenvalue weighted by Gasteiger charge is 2.24. The molecule has 4 atom stereocenters. The van der Waals surface area contributed by atoms with Gasteiger partial charge in [-0.05, 0) is 50.1 Å². The van der Waals surface area contributed by atoms with Gasteiger partial charge in [0.25, 0.3) is 0 Å². The van der Waals surface area contributed by atoms with Crippen molar-refractivity contribution in [2.45, 2.75) is 44.3 Å². The molecular weight excluding hydrogens is 570 g/mol. The monoisotopic (exact) mass is 609 g/mol. The summed E-state index contributed by atoms with van der Waals surface area (Å²) in [7, 11) is 0.672. The first kappa shape index (κ1) is 35.5. The molecular formula is C28H40ClN5O6S. The van der Waals surface area contributed by atoms with Crippen molar-refractivity contribution in [3.8, 4) is 5.75 Å². The molecule has 0 aromatic heterocycles. The smallest absolute Gasteiger partial charge is 0.242 e. The molecule has 0 radical (unpaired) electrons. The minimum absolute atomic E-state index is 0. The standard InChI is InChI=1S/C28H39N5O6S.ClH/c1-19(32-28(38)23(29-2)16-21-10-12-22(34)13-11-21)26(36)31-18-25(35)33-24(17-20-8-5-4-6-9-20)27(37)30-14-7-15-40(3)39;/h4-6,8-13,19,23-24,29,34H,7,14-18H2,1-3H3,(H,30,37)(H,31,36)(H,32,38)(H,33,35);1H/t19-,23+,24+,40?;/m1./s1. The second kappa shape index (κ2) is 18.8. The Bertz CT molecular complexity index is 1150. The second-order valence-electron chi connectivity index (χ2n) is 9.39. The van der Waals surface area contributed by atoms with Crippen molar-refractivity contribution < 1.29 is 28.5 Å². The molecule has 41 heavy (non-hydrogen) atoms. The lowest BCUT2D eigenvalue weighted by molar-refractivity contribution is -0.131. The van der Waals surface area contributed by atoms with Crippen LogP contribution in [0.2, 0.25) is 0 Å². The maximum Gasteiger partial charge on any atom is 0.242 e. The largest absolute Gasteiger partial charge is 0.508 e. The number of rotatable bonds is 16. The van der Waals surface area contributed by atoms with Gasteiger partial charge in [-0.3, -0.25) is 23.4 Å². The zero-order valence-electron chi connectivity index (χ0n) is 23.5. The summed E-state index contributed by atoms with van der Waals surface area (Å²) in [4.78, 5) is 50.7. The van der Waals surface area contributed by atoms with Gasteiger partial charge in [0.1, 0.15) is 17.8 Å². The van der Waals surface area contributed by atoms with Crippen LogP contribution in [-0.4, -0.2) is 83.2 Å². The number of phenolic OH excluding ortho intramolecular Hbond substituents is 1. The first-order chi connectivity index (χ1) is 19.1. The Labute approximate surface area is 249 Å². The summed E-state index contributed by atoms with van der Waals surface area (Å²) in [5, 5.41) is 22.9. The Kier molecular flexibility index (Phi) is 16.3. The third-order valence-electron chi connectivity index (χ3n) is 6.06. The van der Waals surface area contributed by atoms with Gasteiger partial charge >= 0.3 is 0 Å². The summed E-state index contributed by atoms with van der Waals surface area (Å²) >= 11 is 0. The summed E-state index contributed by atoms with van der Waals surface area (Å²) in [6.45, 7) is 1.46. The summed E-state index contributed by atoms with van der Waals surface area (Å²) in [5.41, 5.74) is 1.68. The molecule has 2 aromatic carbocycles. The lowest BCUT2D eigenvalue weighted by atomic mass is 10.0. The highest BCUT2D eigenvalue weighted by atomic mass is 35.5. The van der Waals surface area contributed by atoms with E-state index < -0.39 is 46.6 Å². The van der Waals surface area contributed by atoms with Gasteiger partial charge in [0.15, 0.2) is 0 Å². The van der Waals surface area contributed by atoms with E-state index in [-0.39, 0.29) is 37.0 Å². The van der Waals surface area contributed by atoms with Gasteiger partial charge in [-0.25, -0.2) is 0 Å². The van der Waals surface area contributed by atoms with E-state index in [0.29, 0.717) is 25.1 Å². The van der Waals surface area contributed by atoms with E-state index in [2.05, 4.69) is 26.6 Å². The quantitative estimate of drug-likeness (QED) is 0.148. The van der Waals surface area contributed by atoms with E-state index in [1.54, 1.807) is 25.4 Å². The van der Waals surface area contributed by atoms with Crippen molar-refractivity contribution in [1.29, 1.82) is 0 Å². The van der Waals surface area contributed by atoms with Crippen LogP contribution < -0.4 is 26.6 Å². The molecule has 11 nitrogen and oxygen atoms in total. The third kappa shape index (κ3) is 13.6. The van der Waals surface area contributed by atoms with Crippen LogP contribution in [0.1, 0.15) is 24.5 Å². The molecule has 6 N–H and O–H groups in total. The van der Waals surface area contributed by atoms with Gasteiger partial charge in [-0.1, -0.05) is 42.5 Å². The zero-order chi connectivity index (χ0) is 29.5. The number of carbonyl (C=O) groups is 4. The number of nitrogens with one attached hydrogen (secondary N) is 5. The molecule has 0 saturated carbocycles. The number of carbonyl (C=O) groups excluding carboxylic acids is 4. The number of benzene rings is 2. The van der Waals surface area contributed by atoms with Crippen LogP contribution >= 0.6 is 12.4 Å². The molecule has 1 unspecified atom stereocenters. The van der Waals surface area contributed by atoms with Gasteiger partial charge in [-0.15, -0.1) is 12.4 Å². The average molecular weight is 610 g/mol. The molecule has 0 saturated heterocycles. The van der Waals surface area contributed by atoms with Crippen molar-refractivity contribution >= 4 is 46.8 Å². The first-order valence-corrected chi connectivity index (χ1v) is 14.8. The summed E-state index contributed by atoms with van der Waals surface area (Å²) in [5.74, 6) is -1.30. The number of amides is 4. The van der Waals surface area contributed by atoms with E-state index in [4.69, 9.17) is 0 Å². The van der Waals surface area contributed by atoms with Crippen molar-refractivity contribution in [2.24, 2.45) is 0 Å². The summed E-state index contributed by atoms with van der Waals surface area (Å²) < 4.78 is 11.2. The van der Waals surface area contributed by atoms with Crippen LogP contribution in [0, 0.1) is 0 Å². The molecule has 0 heterocycles. The van der Waals surface area contributed by atoms with E-state index in [1.165, 1.54) is 19.1 Å². The topological polar surface area (TPSA) is 166 Å². The molecule has 4 amide bonds. The van der Waals surface area contributed by atoms with E-state index in [9.17, 15) is 28.5 Å². The Morgan fingerprint density at radius 3 is 2.05 bits per heavy atom. The fourth-order valence-corrected chi connectivity index (χ4v) is 4.36. The molecule has 0 aliphatic carbocycles. The van der Waals surface area contributed by atoms with Gasteiger partial charge < -0.3 is 31.7 Å². The number of hydrogen-bond acceptors (Lipinski definition) is 7. The molecule has 2 rings (SSSR count). The van der Waals surface area contributed by atoms with Crippen LogP contribution in [0.15, 0.2) is 54.6 Å². The van der Waals surface area contributed by atoms with Crippen molar-refractivity contribution in [3.63, 3.8) is 0 Å². The van der Waals surface area contributed by atoms with Gasteiger partial charge in [0, 0.05) is 35.8 Å². The van der Waals surface area contributed by atoms with Crippen molar-refractivity contribution in [1.82, 2.24) is 26.6 Å². The normalized spacial score (nSPS) is 13.4. The Balaban J connectivity index is 0.00000840. The fraction of sp³-hybridized carbons (Fsp3) is 0.429. The predicted molar refractivity (Wildman–Crippen MR) is 161 cm³/mol. The zero-order valence-corrected chi connectivity index (χ0v) is 25.1. The van der Waals surface area contributed by atoms with E-state index >= 15 is 0 Å². The lowest BCUT2D eigenvalue weighted by Crippen LogP contribution is -2.54. The highest BCUT2D eigenvalue weighted by molar-refractivity contribution is 7.84. The number of aromatic hydroxyl groups is 1. The second-order valence-corrected chi connectivity index (χ2v) is 10.9. The third-order valence-corrected chi connectivity index (χ3v) is 6.92. The van der Waals surface area contributed by atoms with Crippen LogP contribution in [0.3, 0.4) is 0 Å². The van der Waals surface area contributed by atoms with E-state index in [0.717, 1.165) is 11.1 Å². The summed E-state index contributed by atoms with van der Waals surface area (Å²) in [6.07, 6.45) is 2.74. The minimum atomic E-state index is -0.960. The van der Waals surface area contributed by atoms with E-state index in [1.807, 2.05) is 30.3 Å². The Morgan fingerprint density at radius 1 is 0.829 bits per heavy atom. The molecule has 226 valence electrons. The van der Waals surface area contributed by atoms with Crippen molar-refractivity contribution in [3.05, 3.63) is 65.7 Å². The predicted octanol–water partition coefficient (Wildman–Crippen LogP) is 0.178. The van der Waals surface area contributed by atoms with Crippen LogP contribution in [0.5, 0.6) is 5.75 Å². The molecule has 0 spiro atoms. The molecule has 0 bridgehead atoms. The maximum absolute atomic E-state index is 12.8. The molecule has 0 aliphatic heterocycles. The van der Waals surface area contributed by atoms with Gasteiger partial charge in [0.05, 0.1) is 12.6 Å². The highest BCUT2D eigenvalue weighted by Crippen LogP contribution is 2.11. The molecule has 0 aliphatic rings. The van der Waals surface area contributed by atoms with Crippen LogP contribution in [0.4, 0.5) is 0 Å². The number of halogens is 1. The number of hydrogen-bond donors (Lipinski definition) is 6. The van der Waals surface area contributed by atoms with Gasteiger partial charge in [0.2, 0.25) is 23.6 Å².